The fourth-order valence-electron chi connectivity index (χ4n) is 3.06. The van der Waals surface area contributed by atoms with Crippen molar-refractivity contribution in [2.24, 2.45) is 0 Å². The average Bonchev–Trinajstić information content (AvgIpc) is 2.58. The number of anilines is 1. The molecule has 1 aromatic carbocycles. The van der Waals surface area contributed by atoms with E-state index in [1.165, 1.54) is 10.5 Å². The van der Waals surface area contributed by atoms with E-state index in [0.717, 1.165) is 31.7 Å². The van der Waals surface area contributed by atoms with Crippen molar-refractivity contribution in [1.82, 2.24) is 10.9 Å². The van der Waals surface area contributed by atoms with Gasteiger partial charge in [0, 0.05) is 5.69 Å². The van der Waals surface area contributed by atoms with Crippen LogP contribution in [0.4, 0.5) is 5.69 Å². The second-order valence-corrected chi connectivity index (χ2v) is 7.00. The molecule has 2 rings (SSSR count). The van der Waals surface area contributed by atoms with Crippen LogP contribution in [-0.2, 0) is 16.0 Å². The number of thiocarbonyl (C=S) groups is 1. The predicted molar refractivity (Wildman–Crippen MR) is 104 cm³/mol. The molecule has 138 valence electrons. The number of morpholine rings is 1. The summed E-state index contributed by atoms with van der Waals surface area (Å²) in [6.07, 6.45) is 1.95. The van der Waals surface area contributed by atoms with Gasteiger partial charge < -0.3 is 15.0 Å². The minimum Gasteiger partial charge on any atom is -0.364 e. The van der Waals surface area contributed by atoms with E-state index in [1.54, 1.807) is 0 Å². The summed E-state index contributed by atoms with van der Waals surface area (Å²) in [5.74, 6) is -0.0650. The molecule has 4 N–H and O–H groups in total. The first-order valence-corrected chi connectivity index (χ1v) is 9.31. The lowest BCUT2D eigenvalue weighted by atomic mass is 10.1. The van der Waals surface area contributed by atoms with Crippen LogP contribution in [0, 0.1) is 0 Å². The third-order valence-corrected chi connectivity index (χ3v) is 4.46. The number of rotatable bonds is 5. The molecule has 0 spiro atoms. The van der Waals surface area contributed by atoms with E-state index in [9.17, 15) is 4.79 Å². The SMILES string of the molecule is CCc1ccc(NC(=S)NNC(=O)CC[NH+]2C[C@H](C)O[C@@H](C)C2)cc1. The molecule has 1 aromatic rings. The van der Waals surface area contributed by atoms with Gasteiger partial charge >= 0.3 is 0 Å². The summed E-state index contributed by atoms with van der Waals surface area (Å²) >= 11 is 5.20. The van der Waals surface area contributed by atoms with Crippen molar-refractivity contribution in [2.45, 2.75) is 45.8 Å². The first kappa shape index (κ1) is 19.6. The Kier molecular flexibility index (Phi) is 7.61. The van der Waals surface area contributed by atoms with Crippen molar-refractivity contribution in [3.8, 4) is 0 Å². The van der Waals surface area contributed by atoms with Crippen LogP contribution in [-0.4, -0.2) is 42.9 Å². The van der Waals surface area contributed by atoms with Crippen molar-refractivity contribution in [2.75, 3.05) is 25.0 Å². The standard InChI is InChI=1S/C18H28N4O2S/c1-4-15-5-7-16(8-6-15)19-18(25)21-20-17(23)9-10-22-11-13(2)24-14(3)12-22/h5-8,13-14H,4,9-12H2,1-3H3,(H,20,23)(H2,19,21,25)/p+1/t13-,14-/m0/s1. The van der Waals surface area contributed by atoms with E-state index < -0.39 is 0 Å². The van der Waals surface area contributed by atoms with Crippen LogP contribution >= 0.6 is 12.2 Å². The second kappa shape index (κ2) is 9.70. The van der Waals surface area contributed by atoms with Crippen molar-refractivity contribution in [3.05, 3.63) is 29.8 Å². The highest BCUT2D eigenvalue weighted by atomic mass is 32.1. The molecule has 0 aromatic heterocycles. The molecular weight excluding hydrogens is 336 g/mol. The third-order valence-electron chi connectivity index (χ3n) is 4.26. The zero-order valence-electron chi connectivity index (χ0n) is 15.2. The molecule has 6 nitrogen and oxygen atoms in total. The summed E-state index contributed by atoms with van der Waals surface area (Å²) in [5, 5.41) is 3.42. The smallest absolute Gasteiger partial charge is 0.244 e. The first-order chi connectivity index (χ1) is 12.0. The van der Waals surface area contributed by atoms with Gasteiger partial charge in [0.25, 0.3) is 0 Å². The van der Waals surface area contributed by atoms with Crippen LogP contribution in [0.5, 0.6) is 0 Å². The normalized spacial score (nSPS) is 22.9. The number of ether oxygens (including phenoxy) is 1. The summed E-state index contributed by atoms with van der Waals surface area (Å²) in [6.45, 7) is 8.95. The topological polar surface area (TPSA) is 66.8 Å². The lowest BCUT2D eigenvalue weighted by molar-refractivity contribution is -0.914. The lowest BCUT2D eigenvalue weighted by Crippen LogP contribution is -3.15. The van der Waals surface area contributed by atoms with E-state index in [-0.39, 0.29) is 18.1 Å². The fraction of sp³-hybridized carbons (Fsp3) is 0.556. The number of quaternary nitrogens is 1. The molecule has 0 bridgehead atoms. The third kappa shape index (κ3) is 6.97. The van der Waals surface area contributed by atoms with Crippen LogP contribution in [0.3, 0.4) is 0 Å². The Morgan fingerprint density at radius 2 is 1.84 bits per heavy atom. The Bertz CT molecular complexity index is 569. The van der Waals surface area contributed by atoms with Gasteiger partial charge in [-0.15, -0.1) is 0 Å². The van der Waals surface area contributed by atoms with Gasteiger partial charge in [0.15, 0.2) is 5.11 Å². The molecule has 0 saturated carbocycles. The number of nitrogens with one attached hydrogen (secondary N) is 4. The lowest BCUT2D eigenvalue weighted by Gasteiger charge is -2.32. The van der Waals surface area contributed by atoms with Crippen LogP contribution in [0.25, 0.3) is 0 Å². The quantitative estimate of drug-likeness (QED) is 0.456. The molecule has 1 fully saturated rings. The minimum atomic E-state index is -0.0650. The Labute approximate surface area is 155 Å². The number of hydrogen-bond donors (Lipinski definition) is 4. The summed E-state index contributed by atoms with van der Waals surface area (Å²) in [5.41, 5.74) is 7.57. The molecule has 0 aliphatic carbocycles. The van der Waals surface area contributed by atoms with E-state index in [0.29, 0.717) is 11.5 Å². The first-order valence-electron chi connectivity index (χ1n) is 8.90. The number of carbonyl (C=O) groups is 1. The number of carbonyl (C=O) groups excluding carboxylic acids is 1. The van der Waals surface area contributed by atoms with Gasteiger partial charge in [-0.2, -0.15) is 0 Å². The second-order valence-electron chi connectivity index (χ2n) is 6.59. The van der Waals surface area contributed by atoms with Crippen LogP contribution < -0.4 is 21.1 Å². The van der Waals surface area contributed by atoms with Crippen molar-refractivity contribution in [3.63, 3.8) is 0 Å². The van der Waals surface area contributed by atoms with Gasteiger partial charge in [0.2, 0.25) is 5.91 Å². The zero-order chi connectivity index (χ0) is 18.2. The van der Waals surface area contributed by atoms with Crippen molar-refractivity contribution >= 4 is 28.9 Å². The molecule has 1 amide bonds. The van der Waals surface area contributed by atoms with Gasteiger partial charge in [-0.05, 0) is 50.2 Å². The van der Waals surface area contributed by atoms with Crippen molar-refractivity contribution in [1.29, 1.82) is 0 Å². The molecule has 7 heteroatoms. The van der Waals surface area contributed by atoms with E-state index in [2.05, 4.69) is 49.1 Å². The highest BCUT2D eigenvalue weighted by Gasteiger charge is 2.25. The Hall–Kier alpha value is -1.70. The van der Waals surface area contributed by atoms with E-state index >= 15 is 0 Å². The van der Waals surface area contributed by atoms with E-state index in [4.69, 9.17) is 17.0 Å². The Balaban J connectivity index is 1.66. The number of hydrazine groups is 1. The van der Waals surface area contributed by atoms with Gasteiger partial charge in [-0.25, -0.2) is 0 Å². The average molecular weight is 366 g/mol. The van der Waals surface area contributed by atoms with Crippen LogP contribution in [0.15, 0.2) is 24.3 Å². The maximum atomic E-state index is 12.0. The summed E-state index contributed by atoms with van der Waals surface area (Å²) in [4.78, 5) is 13.4. The maximum Gasteiger partial charge on any atom is 0.244 e. The van der Waals surface area contributed by atoms with Crippen LogP contribution in [0.2, 0.25) is 0 Å². The van der Waals surface area contributed by atoms with Crippen LogP contribution in [0.1, 0.15) is 32.8 Å². The zero-order valence-corrected chi connectivity index (χ0v) is 16.0. The maximum absolute atomic E-state index is 12.0. The summed E-state index contributed by atoms with van der Waals surface area (Å²) < 4.78 is 5.71. The minimum absolute atomic E-state index is 0.0650. The molecule has 1 aliphatic rings. The highest BCUT2D eigenvalue weighted by Crippen LogP contribution is 2.09. The van der Waals surface area contributed by atoms with Crippen molar-refractivity contribution < 1.29 is 14.4 Å². The van der Waals surface area contributed by atoms with Gasteiger partial charge in [0.05, 0.1) is 13.0 Å². The molecule has 25 heavy (non-hydrogen) atoms. The fourth-order valence-corrected chi connectivity index (χ4v) is 3.23. The monoisotopic (exact) mass is 365 g/mol. The van der Waals surface area contributed by atoms with Gasteiger partial charge in [-0.1, -0.05) is 19.1 Å². The van der Waals surface area contributed by atoms with Gasteiger partial charge in [0.1, 0.15) is 25.3 Å². The summed E-state index contributed by atoms with van der Waals surface area (Å²) in [6, 6.07) is 8.05. The summed E-state index contributed by atoms with van der Waals surface area (Å²) in [7, 11) is 0. The largest absolute Gasteiger partial charge is 0.364 e. The number of aryl methyl sites for hydroxylation is 1. The number of amides is 1. The van der Waals surface area contributed by atoms with Gasteiger partial charge in [-0.3, -0.25) is 15.6 Å². The highest BCUT2D eigenvalue weighted by molar-refractivity contribution is 7.80. The molecule has 1 aliphatic heterocycles. The number of benzene rings is 1. The molecule has 0 unspecified atom stereocenters. The number of hydrogen-bond acceptors (Lipinski definition) is 3. The molecule has 1 saturated heterocycles. The Morgan fingerprint density at radius 3 is 2.44 bits per heavy atom. The molecular formula is C18H29N4O2S+. The predicted octanol–water partition coefficient (Wildman–Crippen LogP) is 0.649. The molecule has 2 atom stereocenters. The molecule has 1 heterocycles. The Morgan fingerprint density at radius 1 is 1.20 bits per heavy atom. The molecule has 0 radical (unpaired) electrons. The van der Waals surface area contributed by atoms with E-state index in [1.807, 2.05) is 12.1 Å².